The van der Waals surface area contributed by atoms with Gasteiger partial charge in [-0.25, -0.2) is 0 Å². The molecule has 4 aliphatic rings. The molecule has 18 rings (SSSR count). The lowest BCUT2D eigenvalue weighted by Crippen LogP contribution is -2.33. The third-order valence-electron chi connectivity index (χ3n) is 18.8. The maximum Gasteiger partial charge on any atom is 0.0754 e. The Morgan fingerprint density at radius 3 is 1.32 bits per heavy atom. The standard InChI is InChI=1S/C80H50N2/c1-2-22-51(23-3-1)52-24-20-25-53(48-52)56-26-8-16-40-74(56)81(55-45-47-63-61-31-6-13-36-68(61)79(73(63)50-55)66-34-11-4-28-58(66)59-29-5-12-35-67(59)79)75-41-17-9-27-57(75)54-44-46-62-60-30-7-14-37-69(60)80(72(62)49-54)70-38-15-19-43-77(70)82-76-42-18-10-32-64(76)65-33-21-39-71(80)78(65)82/h1-50H. The first-order valence-electron chi connectivity index (χ1n) is 28.7. The fraction of sp³-hybridized carbons (Fsp3) is 0.0250. The molecule has 0 bridgehead atoms. The molecule has 14 aromatic rings. The Kier molecular flexibility index (Phi) is 9.39. The molecule has 1 aliphatic heterocycles. The van der Waals surface area contributed by atoms with Gasteiger partial charge in [-0.2, -0.15) is 0 Å². The van der Waals surface area contributed by atoms with Crippen LogP contribution in [0.1, 0.15) is 44.5 Å². The number of benzene rings is 13. The van der Waals surface area contributed by atoms with Crippen LogP contribution >= 0.6 is 0 Å². The molecule has 0 saturated heterocycles. The molecule has 82 heavy (non-hydrogen) atoms. The smallest absolute Gasteiger partial charge is 0.0754 e. The summed E-state index contributed by atoms with van der Waals surface area (Å²) in [5, 5.41) is 2.55. The Morgan fingerprint density at radius 2 is 0.671 bits per heavy atom. The predicted molar refractivity (Wildman–Crippen MR) is 339 cm³/mol. The third-order valence-corrected chi connectivity index (χ3v) is 18.8. The molecule has 1 unspecified atom stereocenters. The van der Waals surface area contributed by atoms with Gasteiger partial charge in [-0.1, -0.05) is 255 Å². The van der Waals surface area contributed by atoms with Gasteiger partial charge >= 0.3 is 0 Å². The van der Waals surface area contributed by atoms with Gasteiger partial charge in [0.15, 0.2) is 0 Å². The fourth-order valence-electron chi connectivity index (χ4n) is 15.7. The Bertz CT molecular complexity index is 4950. The quantitative estimate of drug-likeness (QED) is 0.161. The normalized spacial score (nSPS) is 15.0. The van der Waals surface area contributed by atoms with Gasteiger partial charge in [0.1, 0.15) is 0 Å². The van der Waals surface area contributed by atoms with E-state index in [9.17, 15) is 0 Å². The van der Waals surface area contributed by atoms with Crippen LogP contribution in [0.15, 0.2) is 303 Å². The van der Waals surface area contributed by atoms with E-state index in [4.69, 9.17) is 0 Å². The van der Waals surface area contributed by atoms with E-state index < -0.39 is 10.8 Å². The number of hydrogen-bond donors (Lipinski definition) is 0. The molecule has 2 heterocycles. The van der Waals surface area contributed by atoms with E-state index in [2.05, 4.69) is 313 Å². The minimum absolute atomic E-state index is 0.516. The zero-order valence-electron chi connectivity index (χ0n) is 44.8. The number of para-hydroxylation sites is 5. The van der Waals surface area contributed by atoms with Crippen LogP contribution < -0.4 is 4.90 Å². The van der Waals surface area contributed by atoms with Gasteiger partial charge < -0.3 is 9.47 Å². The number of nitrogens with zero attached hydrogens (tertiary/aromatic N) is 2. The van der Waals surface area contributed by atoms with Crippen molar-refractivity contribution in [3.05, 3.63) is 348 Å². The molecular formula is C80H50N2. The van der Waals surface area contributed by atoms with Crippen molar-refractivity contribution in [3.8, 4) is 72.4 Å². The molecule has 3 aliphatic carbocycles. The maximum atomic E-state index is 2.57. The summed E-state index contributed by atoms with van der Waals surface area (Å²) in [6, 6.07) is 114. The molecule has 2 spiro atoms. The van der Waals surface area contributed by atoms with Crippen LogP contribution in [0.5, 0.6) is 0 Å². The SMILES string of the molecule is c1ccc(-c2cccc(-c3ccccc3N(c3ccc4c(c3)C3(c5ccccc5-c5ccccc53)c3ccccc3-4)c3ccccc3-c3ccc4c(c3)C3(c5ccccc5-4)c4ccccc4-n4c5ccccc5c5cccc3c54)c2)cc1. The average Bonchev–Trinajstić information content (AvgIpc) is 1.64. The van der Waals surface area contributed by atoms with Crippen molar-refractivity contribution >= 4 is 38.9 Å². The van der Waals surface area contributed by atoms with Gasteiger partial charge in [-0.3, -0.25) is 0 Å². The van der Waals surface area contributed by atoms with E-state index in [1.54, 1.807) is 0 Å². The highest BCUT2D eigenvalue weighted by molar-refractivity contribution is 6.13. The van der Waals surface area contributed by atoms with Crippen molar-refractivity contribution in [3.63, 3.8) is 0 Å². The molecule has 0 fully saturated rings. The number of hydrogen-bond acceptors (Lipinski definition) is 1. The molecule has 13 aromatic carbocycles. The second kappa shape index (κ2) is 17.0. The van der Waals surface area contributed by atoms with E-state index in [-0.39, 0.29) is 0 Å². The second-order valence-electron chi connectivity index (χ2n) is 22.6. The van der Waals surface area contributed by atoms with Crippen molar-refractivity contribution in [2.75, 3.05) is 4.90 Å². The van der Waals surface area contributed by atoms with Crippen LogP contribution in [0.25, 0.3) is 94.3 Å². The van der Waals surface area contributed by atoms with Crippen molar-refractivity contribution < 1.29 is 0 Å². The van der Waals surface area contributed by atoms with Crippen LogP contribution in [0.3, 0.4) is 0 Å². The van der Waals surface area contributed by atoms with E-state index in [1.165, 1.54) is 117 Å². The van der Waals surface area contributed by atoms with Crippen molar-refractivity contribution in [1.82, 2.24) is 4.57 Å². The zero-order chi connectivity index (χ0) is 53.7. The first-order chi connectivity index (χ1) is 40.7. The highest BCUT2D eigenvalue weighted by Crippen LogP contribution is 2.65. The first kappa shape index (κ1) is 45.3. The van der Waals surface area contributed by atoms with Crippen LogP contribution in [0.2, 0.25) is 0 Å². The summed E-state index contributed by atoms with van der Waals surface area (Å²) in [4.78, 5) is 2.57. The lowest BCUT2D eigenvalue weighted by molar-refractivity contribution is 0.749. The zero-order valence-corrected chi connectivity index (χ0v) is 44.8. The number of fused-ring (bicyclic) bond motifs is 22. The summed E-state index contributed by atoms with van der Waals surface area (Å²) in [5.74, 6) is 0. The van der Waals surface area contributed by atoms with E-state index >= 15 is 0 Å². The summed E-state index contributed by atoms with van der Waals surface area (Å²) in [7, 11) is 0. The number of anilines is 3. The van der Waals surface area contributed by atoms with Gasteiger partial charge in [-0.05, 0) is 149 Å². The van der Waals surface area contributed by atoms with Gasteiger partial charge in [0.2, 0.25) is 0 Å². The summed E-state index contributed by atoms with van der Waals surface area (Å²) in [6.07, 6.45) is 0. The topological polar surface area (TPSA) is 8.17 Å². The molecule has 0 saturated carbocycles. The molecule has 0 radical (unpaired) electrons. The molecule has 0 amide bonds. The van der Waals surface area contributed by atoms with Crippen LogP contribution in [-0.2, 0) is 10.8 Å². The van der Waals surface area contributed by atoms with Gasteiger partial charge in [0, 0.05) is 27.6 Å². The minimum atomic E-state index is -0.593. The molecule has 0 N–H and O–H groups in total. The summed E-state index contributed by atoms with van der Waals surface area (Å²) in [6.45, 7) is 0. The highest BCUT2D eigenvalue weighted by Gasteiger charge is 2.53. The second-order valence-corrected chi connectivity index (χ2v) is 22.6. The lowest BCUT2D eigenvalue weighted by atomic mass is 9.65. The van der Waals surface area contributed by atoms with Crippen molar-refractivity contribution in [2.45, 2.75) is 10.8 Å². The Labute approximate surface area is 476 Å². The van der Waals surface area contributed by atoms with Crippen molar-refractivity contribution in [1.29, 1.82) is 0 Å². The van der Waals surface area contributed by atoms with Crippen LogP contribution in [0, 0.1) is 0 Å². The molecule has 1 aromatic heterocycles. The third kappa shape index (κ3) is 5.87. The molecule has 2 nitrogen and oxygen atoms in total. The number of aromatic nitrogens is 1. The molecule has 1 atom stereocenters. The molecule has 380 valence electrons. The average molecular weight is 1040 g/mol. The summed E-state index contributed by atoms with van der Waals surface area (Å²) < 4.78 is 2.53. The Balaban J connectivity index is 0.901. The van der Waals surface area contributed by atoms with E-state index in [1.807, 2.05) is 0 Å². The molecular weight excluding hydrogens is 989 g/mol. The Hall–Kier alpha value is -10.5. The monoisotopic (exact) mass is 1040 g/mol. The highest BCUT2D eigenvalue weighted by atomic mass is 15.1. The van der Waals surface area contributed by atoms with Gasteiger partial charge in [-0.15, -0.1) is 0 Å². The lowest BCUT2D eigenvalue weighted by Gasteiger charge is -2.39. The molecule has 2 heteroatoms. The fourth-order valence-corrected chi connectivity index (χ4v) is 15.7. The maximum absolute atomic E-state index is 2.57. The Morgan fingerprint density at radius 1 is 0.244 bits per heavy atom. The van der Waals surface area contributed by atoms with Gasteiger partial charge in [0.05, 0.1) is 38.9 Å². The van der Waals surface area contributed by atoms with Crippen LogP contribution in [-0.4, -0.2) is 4.57 Å². The summed E-state index contributed by atoms with van der Waals surface area (Å²) >= 11 is 0. The predicted octanol–water partition coefficient (Wildman–Crippen LogP) is 20.3. The van der Waals surface area contributed by atoms with Crippen molar-refractivity contribution in [2.24, 2.45) is 0 Å². The van der Waals surface area contributed by atoms with Crippen LogP contribution in [0.4, 0.5) is 17.1 Å². The number of rotatable bonds is 6. The minimum Gasteiger partial charge on any atom is -0.309 e. The van der Waals surface area contributed by atoms with E-state index in [0.29, 0.717) is 0 Å². The first-order valence-corrected chi connectivity index (χ1v) is 28.7. The summed E-state index contributed by atoms with van der Waals surface area (Å²) in [5.41, 5.74) is 31.2. The van der Waals surface area contributed by atoms with Gasteiger partial charge in [0.25, 0.3) is 0 Å². The van der Waals surface area contributed by atoms with E-state index in [0.717, 1.165) is 39.3 Å². The largest absolute Gasteiger partial charge is 0.309 e.